The SMILES string of the molecule is O=C(NCc1ccc(OCc2cccc(F)c2)cc1)c1cc(-c2ccncc2)on1. The van der Waals surface area contributed by atoms with E-state index in [-0.39, 0.29) is 24.0 Å². The predicted molar refractivity (Wildman–Crippen MR) is 108 cm³/mol. The van der Waals surface area contributed by atoms with Gasteiger partial charge in [-0.1, -0.05) is 29.4 Å². The second-order valence-corrected chi connectivity index (χ2v) is 6.56. The molecule has 0 bridgehead atoms. The molecule has 0 unspecified atom stereocenters. The number of benzene rings is 2. The van der Waals surface area contributed by atoms with Gasteiger partial charge < -0.3 is 14.6 Å². The van der Waals surface area contributed by atoms with Gasteiger partial charge in [-0.05, 0) is 47.5 Å². The summed E-state index contributed by atoms with van der Waals surface area (Å²) in [6, 6.07) is 18.7. The first kappa shape index (κ1) is 19.3. The van der Waals surface area contributed by atoms with Gasteiger partial charge in [0.15, 0.2) is 11.5 Å². The van der Waals surface area contributed by atoms with E-state index < -0.39 is 0 Å². The van der Waals surface area contributed by atoms with Crippen molar-refractivity contribution >= 4 is 5.91 Å². The Morgan fingerprint density at radius 1 is 1.00 bits per heavy atom. The number of ether oxygens (including phenoxy) is 1. The van der Waals surface area contributed by atoms with Gasteiger partial charge >= 0.3 is 0 Å². The van der Waals surface area contributed by atoms with Crippen LogP contribution < -0.4 is 10.1 Å². The van der Waals surface area contributed by atoms with E-state index in [1.165, 1.54) is 12.1 Å². The van der Waals surface area contributed by atoms with Gasteiger partial charge in [-0.2, -0.15) is 0 Å². The van der Waals surface area contributed by atoms with Gasteiger partial charge in [0, 0.05) is 30.6 Å². The number of carbonyl (C=O) groups excluding carboxylic acids is 1. The Labute approximate surface area is 172 Å². The number of hydrogen-bond donors (Lipinski definition) is 1. The van der Waals surface area contributed by atoms with Crippen LogP contribution >= 0.6 is 0 Å². The monoisotopic (exact) mass is 403 g/mol. The standard InChI is InChI=1S/C23H18FN3O3/c24-19-3-1-2-17(12-19)15-29-20-6-4-16(5-7-20)14-26-23(28)21-13-22(30-27-21)18-8-10-25-11-9-18/h1-13H,14-15H2,(H,26,28). The summed E-state index contributed by atoms with van der Waals surface area (Å²) in [5, 5.41) is 6.63. The number of nitrogens with zero attached hydrogens (tertiary/aromatic N) is 2. The maximum Gasteiger partial charge on any atom is 0.273 e. The minimum absolute atomic E-state index is 0.205. The maximum atomic E-state index is 13.2. The summed E-state index contributed by atoms with van der Waals surface area (Å²) < 4.78 is 24.1. The second-order valence-electron chi connectivity index (χ2n) is 6.56. The largest absolute Gasteiger partial charge is 0.489 e. The molecule has 0 aliphatic carbocycles. The fraction of sp³-hybridized carbons (Fsp3) is 0.0870. The highest BCUT2D eigenvalue weighted by atomic mass is 19.1. The van der Waals surface area contributed by atoms with Crippen LogP contribution in [0.4, 0.5) is 4.39 Å². The third kappa shape index (κ3) is 4.88. The molecule has 0 fully saturated rings. The quantitative estimate of drug-likeness (QED) is 0.495. The Balaban J connectivity index is 1.30. The lowest BCUT2D eigenvalue weighted by atomic mass is 10.2. The van der Waals surface area contributed by atoms with Crippen molar-refractivity contribution in [2.24, 2.45) is 0 Å². The Morgan fingerprint density at radius 3 is 2.57 bits per heavy atom. The van der Waals surface area contributed by atoms with Crippen LogP contribution in [0.15, 0.2) is 83.6 Å². The van der Waals surface area contributed by atoms with Gasteiger partial charge in [-0.3, -0.25) is 9.78 Å². The highest BCUT2D eigenvalue weighted by Gasteiger charge is 2.13. The van der Waals surface area contributed by atoms with Gasteiger partial charge in [0.05, 0.1) is 0 Å². The second kappa shape index (κ2) is 9.00. The Bertz CT molecular complexity index is 1130. The predicted octanol–water partition coefficient (Wildman–Crippen LogP) is 4.38. The number of rotatable bonds is 7. The van der Waals surface area contributed by atoms with Gasteiger partial charge in [0.1, 0.15) is 18.2 Å². The average Bonchev–Trinajstić information content (AvgIpc) is 3.28. The van der Waals surface area contributed by atoms with E-state index in [4.69, 9.17) is 9.26 Å². The van der Waals surface area contributed by atoms with Crippen molar-refractivity contribution in [2.75, 3.05) is 0 Å². The molecule has 2 heterocycles. The van der Waals surface area contributed by atoms with Crippen LogP contribution in [-0.2, 0) is 13.2 Å². The number of amides is 1. The summed E-state index contributed by atoms with van der Waals surface area (Å²) in [6.45, 7) is 0.611. The van der Waals surface area contributed by atoms with Crippen molar-refractivity contribution < 1.29 is 18.4 Å². The van der Waals surface area contributed by atoms with Crippen molar-refractivity contribution in [3.05, 3.63) is 102 Å². The van der Waals surface area contributed by atoms with Crippen LogP contribution in [0.1, 0.15) is 21.6 Å². The zero-order chi connectivity index (χ0) is 20.8. The minimum atomic E-state index is -0.328. The van der Waals surface area contributed by atoms with E-state index >= 15 is 0 Å². The molecular weight excluding hydrogens is 385 g/mol. The first-order chi connectivity index (χ1) is 14.7. The number of pyridine rings is 1. The van der Waals surface area contributed by atoms with Crippen LogP contribution in [0.25, 0.3) is 11.3 Å². The van der Waals surface area contributed by atoms with Crippen LogP contribution in [-0.4, -0.2) is 16.0 Å². The molecule has 2 aromatic carbocycles. The molecular formula is C23H18FN3O3. The van der Waals surface area contributed by atoms with Gasteiger partial charge in [-0.15, -0.1) is 0 Å². The first-order valence-corrected chi connectivity index (χ1v) is 9.29. The minimum Gasteiger partial charge on any atom is -0.489 e. The Kier molecular flexibility index (Phi) is 5.80. The average molecular weight is 403 g/mol. The fourth-order valence-corrected chi connectivity index (χ4v) is 2.80. The molecule has 6 nitrogen and oxygen atoms in total. The van der Waals surface area contributed by atoms with Crippen molar-refractivity contribution in [1.29, 1.82) is 0 Å². The lowest BCUT2D eigenvalue weighted by Gasteiger charge is -2.08. The molecule has 150 valence electrons. The van der Waals surface area contributed by atoms with E-state index in [0.29, 0.717) is 18.1 Å². The molecule has 0 atom stereocenters. The highest BCUT2D eigenvalue weighted by Crippen LogP contribution is 2.19. The van der Waals surface area contributed by atoms with Gasteiger partial charge in [0.2, 0.25) is 0 Å². The van der Waals surface area contributed by atoms with Crippen molar-refractivity contribution in [3.63, 3.8) is 0 Å². The number of carbonyl (C=O) groups is 1. The Hall–Kier alpha value is -4.00. The number of hydrogen-bond acceptors (Lipinski definition) is 5. The molecule has 2 aromatic heterocycles. The third-order valence-corrected chi connectivity index (χ3v) is 4.38. The molecule has 0 spiro atoms. The van der Waals surface area contributed by atoms with E-state index in [9.17, 15) is 9.18 Å². The number of nitrogens with one attached hydrogen (secondary N) is 1. The fourth-order valence-electron chi connectivity index (χ4n) is 2.80. The van der Waals surface area contributed by atoms with E-state index in [2.05, 4.69) is 15.5 Å². The first-order valence-electron chi connectivity index (χ1n) is 9.29. The summed E-state index contributed by atoms with van der Waals surface area (Å²) in [5.41, 5.74) is 2.66. The van der Waals surface area contributed by atoms with E-state index in [1.807, 2.05) is 12.1 Å². The molecule has 0 aliphatic rings. The van der Waals surface area contributed by atoms with Crippen LogP contribution in [0, 0.1) is 5.82 Å². The van der Waals surface area contributed by atoms with Crippen LogP contribution in [0.5, 0.6) is 5.75 Å². The summed E-state index contributed by atoms with van der Waals surface area (Å²) in [7, 11) is 0. The molecule has 1 N–H and O–H groups in total. The van der Waals surface area contributed by atoms with Crippen molar-refractivity contribution in [3.8, 4) is 17.1 Å². The van der Waals surface area contributed by atoms with E-state index in [0.717, 1.165) is 16.7 Å². The molecule has 0 saturated heterocycles. The van der Waals surface area contributed by atoms with Crippen LogP contribution in [0.2, 0.25) is 0 Å². The lowest BCUT2D eigenvalue weighted by molar-refractivity contribution is 0.0942. The van der Waals surface area contributed by atoms with Gasteiger partial charge in [0.25, 0.3) is 5.91 Å². The zero-order valence-electron chi connectivity index (χ0n) is 15.9. The smallest absolute Gasteiger partial charge is 0.273 e. The molecule has 30 heavy (non-hydrogen) atoms. The molecule has 4 rings (SSSR count). The molecule has 4 aromatic rings. The van der Waals surface area contributed by atoms with Crippen LogP contribution in [0.3, 0.4) is 0 Å². The molecule has 1 amide bonds. The van der Waals surface area contributed by atoms with Crippen molar-refractivity contribution in [2.45, 2.75) is 13.2 Å². The molecule has 0 aliphatic heterocycles. The molecule has 7 heteroatoms. The summed E-state index contributed by atoms with van der Waals surface area (Å²) >= 11 is 0. The topological polar surface area (TPSA) is 77.2 Å². The number of halogens is 1. The zero-order valence-corrected chi connectivity index (χ0v) is 15.9. The highest BCUT2D eigenvalue weighted by molar-refractivity contribution is 5.93. The molecule has 0 saturated carbocycles. The van der Waals surface area contributed by atoms with Gasteiger partial charge in [-0.25, -0.2) is 4.39 Å². The van der Waals surface area contributed by atoms with Crippen molar-refractivity contribution in [1.82, 2.24) is 15.5 Å². The summed E-state index contributed by atoms with van der Waals surface area (Å²) in [4.78, 5) is 16.3. The normalized spacial score (nSPS) is 10.6. The summed E-state index contributed by atoms with van der Waals surface area (Å²) in [6.07, 6.45) is 3.28. The Morgan fingerprint density at radius 2 is 1.80 bits per heavy atom. The maximum absolute atomic E-state index is 13.2. The third-order valence-electron chi connectivity index (χ3n) is 4.38. The number of aromatic nitrogens is 2. The summed E-state index contributed by atoms with van der Waals surface area (Å²) in [5.74, 6) is 0.544. The lowest BCUT2D eigenvalue weighted by Crippen LogP contribution is -2.22. The molecule has 0 radical (unpaired) electrons. The van der Waals surface area contributed by atoms with E-state index in [1.54, 1.807) is 54.9 Å².